The number of benzene rings is 1. The summed E-state index contributed by atoms with van der Waals surface area (Å²) in [4.78, 5) is 12.3. The highest BCUT2D eigenvalue weighted by atomic mass is 35.5. The maximum atomic E-state index is 12.3. The molecule has 8 heteroatoms. The number of nitrogens with one attached hydrogen (secondary N) is 3. The molecule has 0 radical (unpaired) electrons. The number of anilines is 2. The van der Waals surface area contributed by atoms with Gasteiger partial charge in [-0.15, -0.1) is 12.4 Å². The highest BCUT2D eigenvalue weighted by molar-refractivity contribution is 7.92. The molecular formula is C18H28ClN3O3S. The van der Waals surface area contributed by atoms with E-state index in [1.54, 1.807) is 24.3 Å². The molecule has 2 aliphatic rings. The average molecular weight is 402 g/mol. The van der Waals surface area contributed by atoms with Crippen molar-refractivity contribution in [2.24, 2.45) is 5.92 Å². The van der Waals surface area contributed by atoms with Crippen molar-refractivity contribution in [2.75, 3.05) is 15.8 Å². The Balaban J connectivity index is 0.00000243. The lowest BCUT2D eigenvalue weighted by Crippen LogP contribution is -2.39. The van der Waals surface area contributed by atoms with Crippen LogP contribution in [0.4, 0.5) is 11.4 Å². The zero-order valence-electron chi connectivity index (χ0n) is 15.0. The average Bonchev–Trinajstić information content (AvgIpc) is 2.87. The number of carbonyl (C=O) groups is 1. The summed E-state index contributed by atoms with van der Waals surface area (Å²) in [5.41, 5.74) is 1.21. The van der Waals surface area contributed by atoms with Gasteiger partial charge in [0.25, 0.3) is 0 Å². The summed E-state index contributed by atoms with van der Waals surface area (Å²) in [6, 6.07) is 7.99. The van der Waals surface area contributed by atoms with Crippen molar-refractivity contribution in [1.29, 1.82) is 0 Å². The Bertz CT molecular complexity index is 697. The molecule has 2 fully saturated rings. The maximum Gasteiger partial charge on any atom is 0.232 e. The van der Waals surface area contributed by atoms with Gasteiger partial charge in [0.1, 0.15) is 0 Å². The van der Waals surface area contributed by atoms with E-state index < -0.39 is 10.0 Å². The van der Waals surface area contributed by atoms with Gasteiger partial charge in [-0.25, -0.2) is 8.42 Å². The first-order chi connectivity index (χ1) is 11.9. The largest absolute Gasteiger partial charge is 0.326 e. The Morgan fingerprint density at radius 2 is 1.69 bits per heavy atom. The molecular weight excluding hydrogens is 374 g/mol. The quantitative estimate of drug-likeness (QED) is 0.655. The van der Waals surface area contributed by atoms with Crippen LogP contribution in [0.2, 0.25) is 0 Å². The van der Waals surface area contributed by atoms with Gasteiger partial charge in [0, 0.05) is 29.9 Å². The van der Waals surface area contributed by atoms with Crippen LogP contribution in [0.5, 0.6) is 0 Å². The predicted molar refractivity (Wildman–Crippen MR) is 107 cm³/mol. The Labute approximate surface area is 162 Å². The molecule has 146 valence electrons. The summed E-state index contributed by atoms with van der Waals surface area (Å²) < 4.78 is 26.0. The molecule has 2 unspecified atom stereocenters. The number of piperidine rings is 1. The standard InChI is InChI=1S/C18H27N3O3S.ClH/c1-2-9-25(23,24)21-15-5-3-14(4-6-15)20-18(22)12-13-10-16-7-8-17(11-13)19-16;/h3-6,13,16-17,19,21H,2,7-12H2,1H3,(H,20,22);1H. The van der Waals surface area contributed by atoms with Gasteiger partial charge in [0.2, 0.25) is 15.9 Å². The SMILES string of the molecule is CCCS(=O)(=O)Nc1ccc(NC(=O)CC2CC3CCC(C2)N3)cc1.Cl. The third kappa shape index (κ3) is 5.86. The highest BCUT2D eigenvalue weighted by Gasteiger charge is 2.34. The summed E-state index contributed by atoms with van der Waals surface area (Å²) in [7, 11) is -3.29. The Morgan fingerprint density at radius 1 is 1.12 bits per heavy atom. The van der Waals surface area contributed by atoms with E-state index in [4.69, 9.17) is 0 Å². The Hall–Kier alpha value is -1.31. The molecule has 2 atom stereocenters. The van der Waals surface area contributed by atoms with Gasteiger partial charge in [-0.05, 0) is 62.3 Å². The third-order valence-corrected chi connectivity index (χ3v) is 6.45. The molecule has 1 aromatic rings. The fraction of sp³-hybridized carbons (Fsp3) is 0.611. The van der Waals surface area contributed by atoms with E-state index in [2.05, 4.69) is 15.4 Å². The van der Waals surface area contributed by atoms with Gasteiger partial charge in [0.15, 0.2) is 0 Å². The van der Waals surface area contributed by atoms with E-state index in [1.165, 1.54) is 12.8 Å². The Morgan fingerprint density at radius 3 is 2.27 bits per heavy atom. The minimum absolute atomic E-state index is 0. The lowest BCUT2D eigenvalue weighted by Gasteiger charge is -2.28. The van der Waals surface area contributed by atoms with Crippen molar-refractivity contribution in [3.63, 3.8) is 0 Å². The van der Waals surface area contributed by atoms with Crippen LogP contribution in [-0.4, -0.2) is 32.2 Å². The van der Waals surface area contributed by atoms with E-state index in [-0.39, 0.29) is 24.1 Å². The van der Waals surface area contributed by atoms with E-state index in [0.717, 1.165) is 12.8 Å². The zero-order chi connectivity index (χ0) is 17.9. The van der Waals surface area contributed by atoms with Crippen molar-refractivity contribution in [2.45, 2.75) is 57.5 Å². The number of halogens is 1. The number of sulfonamides is 1. The monoisotopic (exact) mass is 401 g/mol. The molecule has 2 aliphatic heterocycles. The summed E-state index contributed by atoms with van der Waals surface area (Å²) in [6.07, 6.45) is 5.77. The summed E-state index contributed by atoms with van der Waals surface area (Å²) in [6.45, 7) is 1.83. The van der Waals surface area contributed by atoms with Crippen molar-refractivity contribution < 1.29 is 13.2 Å². The third-order valence-electron chi connectivity index (χ3n) is 4.96. The highest BCUT2D eigenvalue weighted by Crippen LogP contribution is 2.32. The number of hydrogen-bond donors (Lipinski definition) is 3. The molecule has 1 aromatic carbocycles. The molecule has 6 nitrogen and oxygen atoms in total. The number of amides is 1. The molecule has 2 heterocycles. The first-order valence-electron chi connectivity index (χ1n) is 9.10. The lowest BCUT2D eigenvalue weighted by atomic mass is 9.89. The normalized spacial score (nSPS) is 24.6. The second kappa shape index (κ2) is 9.06. The molecule has 26 heavy (non-hydrogen) atoms. The summed E-state index contributed by atoms with van der Waals surface area (Å²) in [5, 5.41) is 6.51. The molecule has 3 rings (SSSR count). The minimum Gasteiger partial charge on any atom is -0.326 e. The van der Waals surface area contributed by atoms with Crippen molar-refractivity contribution in [3.8, 4) is 0 Å². The molecule has 2 saturated heterocycles. The maximum absolute atomic E-state index is 12.3. The van der Waals surface area contributed by atoms with Crippen LogP contribution in [0.15, 0.2) is 24.3 Å². The first kappa shape index (κ1) is 21.0. The number of hydrogen-bond acceptors (Lipinski definition) is 4. The van der Waals surface area contributed by atoms with E-state index in [0.29, 0.717) is 42.2 Å². The van der Waals surface area contributed by atoms with Crippen LogP contribution in [0, 0.1) is 5.92 Å². The fourth-order valence-electron chi connectivity index (χ4n) is 3.94. The van der Waals surface area contributed by atoms with Crippen LogP contribution in [-0.2, 0) is 14.8 Å². The van der Waals surface area contributed by atoms with Crippen LogP contribution in [0.1, 0.15) is 45.4 Å². The predicted octanol–water partition coefficient (Wildman–Crippen LogP) is 3.12. The topological polar surface area (TPSA) is 87.3 Å². The van der Waals surface area contributed by atoms with Gasteiger partial charge in [-0.3, -0.25) is 9.52 Å². The molecule has 1 amide bonds. The van der Waals surface area contributed by atoms with Gasteiger partial charge >= 0.3 is 0 Å². The van der Waals surface area contributed by atoms with Crippen LogP contribution in [0.25, 0.3) is 0 Å². The van der Waals surface area contributed by atoms with Crippen molar-refractivity contribution in [3.05, 3.63) is 24.3 Å². The fourth-order valence-corrected chi connectivity index (χ4v) is 5.07. The van der Waals surface area contributed by atoms with Crippen LogP contribution >= 0.6 is 12.4 Å². The van der Waals surface area contributed by atoms with E-state index in [9.17, 15) is 13.2 Å². The number of carbonyl (C=O) groups excluding carboxylic acids is 1. The lowest BCUT2D eigenvalue weighted by molar-refractivity contribution is -0.117. The van der Waals surface area contributed by atoms with Gasteiger partial charge in [-0.2, -0.15) is 0 Å². The minimum atomic E-state index is -3.29. The number of rotatable bonds is 7. The Kier molecular flexibility index (Phi) is 7.32. The van der Waals surface area contributed by atoms with Crippen molar-refractivity contribution >= 4 is 39.7 Å². The molecule has 2 bridgehead atoms. The van der Waals surface area contributed by atoms with E-state index >= 15 is 0 Å². The van der Waals surface area contributed by atoms with Gasteiger partial charge in [0.05, 0.1) is 5.75 Å². The van der Waals surface area contributed by atoms with Crippen LogP contribution < -0.4 is 15.4 Å². The smallest absolute Gasteiger partial charge is 0.232 e. The number of fused-ring (bicyclic) bond motifs is 2. The summed E-state index contributed by atoms with van der Waals surface area (Å²) in [5.74, 6) is 0.591. The van der Waals surface area contributed by atoms with E-state index in [1.807, 2.05) is 6.92 Å². The van der Waals surface area contributed by atoms with Gasteiger partial charge < -0.3 is 10.6 Å². The molecule has 0 saturated carbocycles. The van der Waals surface area contributed by atoms with Crippen molar-refractivity contribution in [1.82, 2.24) is 5.32 Å². The van der Waals surface area contributed by atoms with Crippen LogP contribution in [0.3, 0.4) is 0 Å². The zero-order valence-corrected chi connectivity index (χ0v) is 16.7. The second-order valence-electron chi connectivity index (χ2n) is 7.23. The molecule has 0 spiro atoms. The molecule has 3 N–H and O–H groups in total. The summed E-state index contributed by atoms with van der Waals surface area (Å²) >= 11 is 0. The second-order valence-corrected chi connectivity index (χ2v) is 9.07. The molecule has 0 aromatic heterocycles. The molecule has 0 aliphatic carbocycles. The van der Waals surface area contributed by atoms with Gasteiger partial charge in [-0.1, -0.05) is 6.92 Å². The first-order valence-corrected chi connectivity index (χ1v) is 10.7.